The summed E-state index contributed by atoms with van der Waals surface area (Å²) in [5, 5.41) is 13.5. The minimum absolute atomic E-state index is 0.158. The number of nitrogen functional groups attached to an aromatic ring is 1. The van der Waals surface area contributed by atoms with Gasteiger partial charge in [0.2, 0.25) is 0 Å². The van der Waals surface area contributed by atoms with Crippen LogP contribution < -0.4 is 10.6 Å². The van der Waals surface area contributed by atoms with Gasteiger partial charge in [-0.2, -0.15) is 10.4 Å². The van der Waals surface area contributed by atoms with Gasteiger partial charge in [-0.3, -0.25) is 14.5 Å². The lowest BCUT2D eigenvalue weighted by Crippen LogP contribution is -2.31. The van der Waals surface area contributed by atoms with Crippen LogP contribution in [0.2, 0.25) is 0 Å². The Morgan fingerprint density at radius 1 is 1.21 bits per heavy atom. The molecular weight excluding hydrogens is 506 g/mol. The summed E-state index contributed by atoms with van der Waals surface area (Å²) in [6.07, 6.45) is 6.88. The predicted octanol–water partition coefficient (Wildman–Crippen LogP) is 5.66. The molecule has 2 heterocycles. The molecule has 0 unspecified atom stereocenters. The van der Waals surface area contributed by atoms with Gasteiger partial charge < -0.3 is 10.6 Å². The Balaban J connectivity index is 1.56. The molecule has 1 fully saturated rings. The fourth-order valence-electron chi connectivity index (χ4n) is 4.42. The molecule has 2 aromatic heterocycles. The van der Waals surface area contributed by atoms with Crippen LogP contribution in [0, 0.1) is 23.0 Å². The van der Waals surface area contributed by atoms with E-state index in [4.69, 9.17) is 5.73 Å². The minimum atomic E-state index is -0.708. The first-order chi connectivity index (χ1) is 18.3. The van der Waals surface area contributed by atoms with Gasteiger partial charge in [0.1, 0.15) is 11.9 Å². The van der Waals surface area contributed by atoms with Crippen molar-refractivity contribution < 1.29 is 13.6 Å². The largest absolute Gasteiger partial charge is 0.396 e. The minimum Gasteiger partial charge on any atom is -0.396 e. The van der Waals surface area contributed by atoms with Crippen molar-refractivity contribution in [3.05, 3.63) is 88.9 Å². The molecule has 0 radical (unpaired) electrons. The molecule has 192 valence electrons. The third-order valence-electron chi connectivity index (χ3n) is 6.61. The van der Waals surface area contributed by atoms with Gasteiger partial charge in [0.15, 0.2) is 5.82 Å². The summed E-state index contributed by atoms with van der Waals surface area (Å²) in [5.74, 6) is -1.11. The lowest BCUT2D eigenvalue weighted by Gasteiger charge is -2.26. The van der Waals surface area contributed by atoms with Crippen LogP contribution in [0.4, 0.5) is 20.2 Å². The van der Waals surface area contributed by atoms with Crippen molar-refractivity contribution in [2.75, 3.05) is 16.9 Å². The standard InChI is InChI=1S/C28H24F2N6OS/c1-35-27(19(12-31)14-34-35)21-8-5-18(25(30)26(21)32)15-36(23-10-7-20(29)11-24(23)38-2)28(37)17-6-9-22(33-13-17)16-3-4-16/h5-11,13-14,16H,3-4,15,32H2,1-2H3. The molecule has 0 aliphatic heterocycles. The number of hydrogen-bond donors (Lipinski definition) is 1. The van der Waals surface area contributed by atoms with E-state index in [1.807, 2.05) is 12.1 Å². The molecule has 5 rings (SSSR count). The average Bonchev–Trinajstić information content (AvgIpc) is 3.72. The highest BCUT2D eigenvalue weighted by Gasteiger charge is 2.27. The van der Waals surface area contributed by atoms with Crippen LogP contribution in [0.1, 0.15) is 45.9 Å². The first-order valence-electron chi connectivity index (χ1n) is 11.9. The molecule has 38 heavy (non-hydrogen) atoms. The van der Waals surface area contributed by atoms with Gasteiger partial charge in [-0.15, -0.1) is 11.8 Å². The number of nitrogens with two attached hydrogens (primary N) is 1. The third-order valence-corrected chi connectivity index (χ3v) is 7.38. The molecule has 10 heteroatoms. The van der Waals surface area contributed by atoms with E-state index in [0.717, 1.165) is 18.5 Å². The van der Waals surface area contributed by atoms with Crippen molar-refractivity contribution in [3.63, 3.8) is 0 Å². The fraction of sp³-hybridized carbons (Fsp3) is 0.214. The van der Waals surface area contributed by atoms with E-state index in [-0.39, 0.29) is 23.4 Å². The second-order valence-corrected chi connectivity index (χ2v) is 9.94. The van der Waals surface area contributed by atoms with Gasteiger partial charge in [0.25, 0.3) is 5.91 Å². The summed E-state index contributed by atoms with van der Waals surface area (Å²) in [4.78, 5) is 20.1. The van der Waals surface area contributed by atoms with E-state index in [9.17, 15) is 14.4 Å². The molecule has 2 aromatic carbocycles. The van der Waals surface area contributed by atoms with Crippen molar-refractivity contribution >= 4 is 29.0 Å². The predicted molar refractivity (Wildman–Crippen MR) is 143 cm³/mol. The molecule has 1 amide bonds. The Morgan fingerprint density at radius 2 is 2.00 bits per heavy atom. The number of nitrogens with zero attached hydrogens (tertiary/aromatic N) is 5. The van der Waals surface area contributed by atoms with Gasteiger partial charge in [-0.05, 0) is 49.4 Å². The first kappa shape index (κ1) is 25.4. The molecule has 4 aromatic rings. The van der Waals surface area contributed by atoms with Gasteiger partial charge >= 0.3 is 0 Å². The quantitative estimate of drug-likeness (QED) is 0.244. The zero-order valence-corrected chi connectivity index (χ0v) is 21.6. The number of thioether (sulfide) groups is 1. The SMILES string of the molecule is CSc1cc(F)ccc1N(Cc1ccc(-c2c(C#N)cnn2C)c(N)c1F)C(=O)c1ccc(C2CC2)nc1. The van der Waals surface area contributed by atoms with Crippen LogP contribution in [0.3, 0.4) is 0 Å². The average molecular weight is 531 g/mol. The van der Waals surface area contributed by atoms with Gasteiger partial charge in [-0.1, -0.05) is 12.1 Å². The smallest absolute Gasteiger partial charge is 0.260 e. The number of carbonyl (C=O) groups is 1. The summed E-state index contributed by atoms with van der Waals surface area (Å²) >= 11 is 1.28. The zero-order chi connectivity index (χ0) is 27.0. The van der Waals surface area contributed by atoms with Gasteiger partial charge in [0.05, 0.1) is 40.9 Å². The molecule has 1 aliphatic rings. The van der Waals surface area contributed by atoms with Crippen LogP contribution in [0.5, 0.6) is 0 Å². The van der Waals surface area contributed by atoms with Crippen molar-refractivity contribution in [2.45, 2.75) is 30.2 Å². The summed E-state index contributed by atoms with van der Waals surface area (Å²) in [5.41, 5.74) is 8.92. The summed E-state index contributed by atoms with van der Waals surface area (Å²) < 4.78 is 31.2. The Morgan fingerprint density at radius 3 is 2.66 bits per heavy atom. The number of amides is 1. The highest BCUT2D eigenvalue weighted by molar-refractivity contribution is 7.98. The van der Waals surface area contributed by atoms with E-state index < -0.39 is 17.5 Å². The van der Waals surface area contributed by atoms with E-state index in [0.29, 0.717) is 33.3 Å². The van der Waals surface area contributed by atoms with Crippen LogP contribution in [0.15, 0.2) is 59.8 Å². The maximum absolute atomic E-state index is 15.7. The summed E-state index contributed by atoms with van der Waals surface area (Å²) in [7, 11) is 1.64. The number of aryl methyl sites for hydroxylation is 1. The highest BCUT2D eigenvalue weighted by Crippen LogP contribution is 2.39. The Kier molecular flexibility index (Phi) is 6.87. The number of nitriles is 1. The Bertz CT molecular complexity index is 1570. The molecule has 0 bridgehead atoms. The van der Waals surface area contributed by atoms with E-state index in [2.05, 4.69) is 10.1 Å². The molecule has 7 nitrogen and oxygen atoms in total. The van der Waals surface area contributed by atoms with Crippen LogP contribution in [0.25, 0.3) is 11.3 Å². The molecule has 0 spiro atoms. The van der Waals surface area contributed by atoms with Crippen molar-refractivity contribution in [1.82, 2.24) is 14.8 Å². The van der Waals surface area contributed by atoms with Gasteiger partial charge in [-0.25, -0.2) is 8.78 Å². The Labute approximate surface area is 222 Å². The van der Waals surface area contributed by atoms with Crippen LogP contribution >= 0.6 is 11.8 Å². The monoisotopic (exact) mass is 530 g/mol. The highest BCUT2D eigenvalue weighted by atomic mass is 32.2. The summed E-state index contributed by atoms with van der Waals surface area (Å²) in [6, 6.07) is 12.9. The second-order valence-electron chi connectivity index (χ2n) is 9.10. The van der Waals surface area contributed by atoms with Crippen molar-refractivity contribution in [1.29, 1.82) is 5.26 Å². The molecule has 2 N–H and O–H groups in total. The lowest BCUT2D eigenvalue weighted by molar-refractivity contribution is 0.0984. The van der Waals surface area contributed by atoms with Crippen molar-refractivity contribution in [3.8, 4) is 17.3 Å². The molecule has 0 atom stereocenters. The van der Waals surface area contributed by atoms with Crippen LogP contribution in [-0.2, 0) is 13.6 Å². The topological polar surface area (TPSA) is 101 Å². The van der Waals surface area contributed by atoms with Crippen molar-refractivity contribution in [2.24, 2.45) is 7.05 Å². The van der Waals surface area contributed by atoms with E-state index in [1.165, 1.54) is 58.0 Å². The number of anilines is 2. The normalized spacial score (nSPS) is 12.8. The number of pyridine rings is 1. The maximum atomic E-state index is 15.7. The van der Waals surface area contributed by atoms with E-state index >= 15 is 4.39 Å². The second kappa shape index (κ2) is 10.3. The Hall–Kier alpha value is -4.23. The third kappa shape index (κ3) is 4.73. The maximum Gasteiger partial charge on any atom is 0.260 e. The molecular formula is C28H24F2N6OS. The van der Waals surface area contributed by atoms with E-state index in [1.54, 1.807) is 25.4 Å². The number of benzene rings is 2. The zero-order valence-electron chi connectivity index (χ0n) is 20.8. The molecule has 0 saturated heterocycles. The number of hydrogen-bond acceptors (Lipinski definition) is 6. The number of aromatic nitrogens is 3. The number of carbonyl (C=O) groups excluding carboxylic acids is 1. The summed E-state index contributed by atoms with van der Waals surface area (Å²) in [6.45, 7) is -0.158. The molecule has 1 aliphatic carbocycles. The lowest BCUT2D eigenvalue weighted by atomic mass is 10.0. The molecule has 1 saturated carbocycles. The number of halogens is 2. The van der Waals surface area contributed by atoms with Crippen LogP contribution in [-0.4, -0.2) is 26.9 Å². The fourth-order valence-corrected chi connectivity index (χ4v) is 5.04. The van der Waals surface area contributed by atoms with Gasteiger partial charge in [0, 0.05) is 40.9 Å². The first-order valence-corrected chi connectivity index (χ1v) is 13.2. The number of rotatable bonds is 7.